The molecule has 6 rings (SSSR count). The van der Waals surface area contributed by atoms with Crippen molar-refractivity contribution >= 4 is 29.7 Å². The summed E-state index contributed by atoms with van der Waals surface area (Å²) in [7, 11) is 1.93. The number of amides is 1. The zero-order valence-corrected chi connectivity index (χ0v) is 18.8. The first-order chi connectivity index (χ1) is 15.5. The van der Waals surface area contributed by atoms with Gasteiger partial charge in [-0.2, -0.15) is 4.98 Å². The lowest BCUT2D eigenvalue weighted by Gasteiger charge is -2.27. The Hall–Kier alpha value is -3.30. The van der Waals surface area contributed by atoms with E-state index in [-0.39, 0.29) is 5.91 Å². The first kappa shape index (κ1) is 20.6. The Morgan fingerprint density at radius 2 is 1.88 bits per heavy atom. The van der Waals surface area contributed by atoms with Crippen LogP contribution in [-0.4, -0.2) is 59.9 Å². The monoisotopic (exact) mass is 435 g/mol. The lowest BCUT2D eigenvalue weighted by molar-refractivity contribution is -0.119. The molecule has 3 aromatic rings. The van der Waals surface area contributed by atoms with Crippen LogP contribution >= 0.6 is 0 Å². The molecule has 2 atom stereocenters. The van der Waals surface area contributed by atoms with E-state index in [1.54, 1.807) is 0 Å². The van der Waals surface area contributed by atoms with Crippen LogP contribution in [0.4, 0.5) is 5.95 Å². The maximum Gasteiger partial charge on any atom is 0.245 e. The molecule has 3 aliphatic rings. The Labute approximate surface area is 186 Å². The summed E-state index contributed by atoms with van der Waals surface area (Å²) in [5, 5.41) is 11.8. The molecular formula is C22H29N9O. The van der Waals surface area contributed by atoms with E-state index in [1.807, 2.05) is 48.4 Å². The average Bonchev–Trinajstić information content (AvgIpc) is 3.53. The second-order valence-corrected chi connectivity index (χ2v) is 8.87. The largest absolute Gasteiger partial charge is 0.356 e. The normalized spacial score (nSPS) is 22.1. The lowest BCUT2D eigenvalue weighted by atomic mass is 9.77. The molecule has 32 heavy (non-hydrogen) atoms. The minimum atomic E-state index is 0.204. The summed E-state index contributed by atoms with van der Waals surface area (Å²) in [6, 6.07) is 0. The predicted octanol–water partition coefficient (Wildman–Crippen LogP) is 1.78. The van der Waals surface area contributed by atoms with Gasteiger partial charge in [0, 0.05) is 39.3 Å². The van der Waals surface area contributed by atoms with Crippen molar-refractivity contribution < 1.29 is 4.79 Å². The Morgan fingerprint density at radius 3 is 2.47 bits per heavy atom. The lowest BCUT2D eigenvalue weighted by Crippen LogP contribution is -2.22. The van der Waals surface area contributed by atoms with Crippen molar-refractivity contribution in [1.29, 1.82) is 0 Å². The zero-order chi connectivity index (χ0) is 22.2. The summed E-state index contributed by atoms with van der Waals surface area (Å²) in [6.07, 6.45) is 10.1. The Kier molecular flexibility index (Phi) is 5.36. The van der Waals surface area contributed by atoms with Crippen molar-refractivity contribution in [3.63, 3.8) is 0 Å². The van der Waals surface area contributed by atoms with Crippen molar-refractivity contribution in [3.8, 4) is 0 Å². The number of rotatable bonds is 3. The minimum absolute atomic E-state index is 0.204. The molecule has 1 N–H and O–H groups in total. The van der Waals surface area contributed by atoms with Crippen LogP contribution in [0, 0.1) is 25.7 Å². The SMILES string of the molecule is Cc1ncc(C)n2nc(/C=C/c3nc(N4CC5CCC5C4)nn3C)nc12.O=C1CCCN1. The van der Waals surface area contributed by atoms with Gasteiger partial charge in [-0.1, -0.05) is 0 Å². The fourth-order valence-corrected chi connectivity index (χ4v) is 4.48. The van der Waals surface area contributed by atoms with Crippen molar-refractivity contribution in [2.24, 2.45) is 18.9 Å². The number of hydrogen-bond donors (Lipinski definition) is 1. The van der Waals surface area contributed by atoms with Gasteiger partial charge in [0.05, 0.1) is 11.4 Å². The summed E-state index contributed by atoms with van der Waals surface area (Å²) >= 11 is 0. The van der Waals surface area contributed by atoms with E-state index >= 15 is 0 Å². The molecule has 0 aromatic carbocycles. The molecule has 10 heteroatoms. The highest BCUT2D eigenvalue weighted by Crippen LogP contribution is 2.41. The number of carbonyl (C=O) groups excluding carboxylic acids is 1. The van der Waals surface area contributed by atoms with E-state index in [1.165, 1.54) is 12.8 Å². The van der Waals surface area contributed by atoms with Gasteiger partial charge in [-0.15, -0.1) is 10.2 Å². The average molecular weight is 436 g/mol. The fraction of sp³-hybridized carbons (Fsp3) is 0.545. The van der Waals surface area contributed by atoms with E-state index in [0.717, 1.165) is 73.1 Å². The Morgan fingerprint density at radius 1 is 1.09 bits per heavy atom. The van der Waals surface area contributed by atoms with E-state index in [0.29, 0.717) is 5.82 Å². The molecule has 10 nitrogen and oxygen atoms in total. The maximum absolute atomic E-state index is 10.1. The van der Waals surface area contributed by atoms with E-state index in [4.69, 9.17) is 4.98 Å². The molecule has 1 aliphatic carbocycles. The van der Waals surface area contributed by atoms with Crippen molar-refractivity contribution in [3.05, 3.63) is 29.2 Å². The van der Waals surface area contributed by atoms with Crippen LogP contribution in [0.1, 0.15) is 48.7 Å². The first-order valence-corrected chi connectivity index (χ1v) is 11.3. The van der Waals surface area contributed by atoms with Gasteiger partial charge in [-0.25, -0.2) is 14.2 Å². The van der Waals surface area contributed by atoms with Crippen molar-refractivity contribution in [2.75, 3.05) is 24.5 Å². The third kappa shape index (κ3) is 3.96. The molecule has 168 valence electrons. The van der Waals surface area contributed by atoms with Crippen molar-refractivity contribution in [1.82, 2.24) is 39.7 Å². The van der Waals surface area contributed by atoms with Gasteiger partial charge < -0.3 is 10.2 Å². The highest BCUT2D eigenvalue weighted by molar-refractivity contribution is 5.77. The maximum atomic E-state index is 10.1. The van der Waals surface area contributed by atoms with Crippen LogP contribution in [0.15, 0.2) is 6.20 Å². The topological polar surface area (TPSA) is 106 Å². The summed E-state index contributed by atoms with van der Waals surface area (Å²) < 4.78 is 3.64. The molecule has 2 saturated heterocycles. The van der Waals surface area contributed by atoms with Gasteiger partial charge >= 0.3 is 0 Å². The fourth-order valence-electron chi connectivity index (χ4n) is 4.48. The molecule has 1 saturated carbocycles. The van der Waals surface area contributed by atoms with Crippen LogP contribution in [0.3, 0.4) is 0 Å². The van der Waals surface area contributed by atoms with Gasteiger partial charge in [0.2, 0.25) is 11.9 Å². The number of nitrogens with one attached hydrogen (secondary N) is 1. The molecule has 0 radical (unpaired) electrons. The predicted molar refractivity (Wildman–Crippen MR) is 121 cm³/mol. The highest BCUT2D eigenvalue weighted by atomic mass is 16.1. The molecule has 0 bridgehead atoms. The summed E-state index contributed by atoms with van der Waals surface area (Å²) in [5.74, 6) is 4.19. The molecule has 2 unspecified atom stereocenters. The summed E-state index contributed by atoms with van der Waals surface area (Å²) in [5.41, 5.74) is 2.62. The number of carbonyl (C=O) groups is 1. The zero-order valence-electron chi connectivity index (χ0n) is 18.8. The van der Waals surface area contributed by atoms with Gasteiger partial charge in [-0.05, 0) is 57.1 Å². The van der Waals surface area contributed by atoms with Crippen LogP contribution < -0.4 is 10.2 Å². The van der Waals surface area contributed by atoms with Gasteiger partial charge in [0.25, 0.3) is 0 Å². The number of nitrogens with zero attached hydrogens (tertiary/aromatic N) is 8. The molecule has 3 fully saturated rings. The quantitative estimate of drug-likeness (QED) is 0.668. The molecular weight excluding hydrogens is 406 g/mol. The van der Waals surface area contributed by atoms with Crippen LogP contribution in [0.2, 0.25) is 0 Å². The van der Waals surface area contributed by atoms with Crippen LogP contribution in [-0.2, 0) is 11.8 Å². The van der Waals surface area contributed by atoms with Gasteiger partial charge in [0.15, 0.2) is 17.3 Å². The van der Waals surface area contributed by atoms with Gasteiger partial charge in [-0.3, -0.25) is 9.78 Å². The molecule has 0 spiro atoms. The standard InChI is InChI=1S/C18H22N8.C4H7NO/c1-11-8-19-12(2)17-20-15(22-26(11)17)6-7-16-21-18(23-24(16)3)25-9-13-4-5-14(13)10-25;6-4-2-1-3-5-4/h6-8,13-14H,4-5,9-10H2,1-3H3;1-3H2,(H,5,6)/b7-6+;. The number of anilines is 1. The number of hydrogen-bond acceptors (Lipinski definition) is 7. The van der Waals surface area contributed by atoms with Crippen molar-refractivity contribution in [2.45, 2.75) is 39.5 Å². The minimum Gasteiger partial charge on any atom is -0.356 e. The number of aryl methyl sites for hydroxylation is 3. The summed E-state index contributed by atoms with van der Waals surface area (Å²) in [4.78, 5) is 26.1. The molecule has 5 heterocycles. The van der Waals surface area contributed by atoms with Crippen LogP contribution in [0.25, 0.3) is 17.8 Å². The van der Waals surface area contributed by atoms with E-state index < -0.39 is 0 Å². The molecule has 3 aromatic heterocycles. The van der Waals surface area contributed by atoms with Gasteiger partial charge in [0.1, 0.15) is 0 Å². The second kappa shape index (κ2) is 8.33. The molecule has 1 amide bonds. The Bertz CT molecular complexity index is 1120. The second-order valence-electron chi connectivity index (χ2n) is 8.87. The molecule has 2 aliphatic heterocycles. The summed E-state index contributed by atoms with van der Waals surface area (Å²) in [6.45, 7) is 6.99. The third-order valence-electron chi connectivity index (χ3n) is 6.56. The van der Waals surface area contributed by atoms with Crippen LogP contribution in [0.5, 0.6) is 0 Å². The first-order valence-electron chi connectivity index (χ1n) is 11.3. The van der Waals surface area contributed by atoms with E-state index in [2.05, 4.69) is 30.4 Å². The number of fused-ring (bicyclic) bond motifs is 2. The van der Waals surface area contributed by atoms with E-state index in [9.17, 15) is 4.79 Å². The smallest absolute Gasteiger partial charge is 0.245 e. The highest BCUT2D eigenvalue weighted by Gasteiger charge is 2.40. The third-order valence-corrected chi connectivity index (χ3v) is 6.56. The number of aromatic nitrogens is 7. The Balaban J connectivity index is 0.000000314.